The molecule has 0 bridgehead atoms. The number of benzene rings is 2. The van der Waals surface area contributed by atoms with Crippen molar-refractivity contribution in [3.63, 3.8) is 0 Å². The molecule has 0 aliphatic carbocycles. The summed E-state index contributed by atoms with van der Waals surface area (Å²) in [5.74, 6) is -0.528. The summed E-state index contributed by atoms with van der Waals surface area (Å²) in [7, 11) is 0. The highest BCUT2D eigenvalue weighted by Crippen LogP contribution is 2.34. The minimum Gasteiger partial charge on any atom is -0.338 e. The second-order valence-corrected chi connectivity index (χ2v) is 8.12. The third kappa shape index (κ3) is 3.26. The van der Waals surface area contributed by atoms with Crippen LogP contribution in [0, 0.1) is 0 Å². The number of carbonyl (C=O) groups is 3. The number of fused-ring (bicyclic) bond motifs is 1. The van der Waals surface area contributed by atoms with E-state index in [1.54, 1.807) is 6.92 Å². The molecule has 0 spiro atoms. The number of hydrogen-bond donors (Lipinski definition) is 1. The minimum atomic E-state index is -1.19. The van der Waals surface area contributed by atoms with Crippen molar-refractivity contribution >= 4 is 28.6 Å². The lowest BCUT2D eigenvalue weighted by Gasteiger charge is -2.36. The molecule has 2 aromatic rings. The number of amides is 4. The molecule has 4 rings (SSSR count). The van der Waals surface area contributed by atoms with Gasteiger partial charge in [-0.1, -0.05) is 49.4 Å². The van der Waals surface area contributed by atoms with E-state index in [1.165, 1.54) is 0 Å². The summed E-state index contributed by atoms with van der Waals surface area (Å²) in [4.78, 5) is 41.9. The lowest BCUT2D eigenvalue weighted by molar-refractivity contribution is -0.141. The molecule has 0 aromatic heterocycles. The highest BCUT2D eigenvalue weighted by atomic mass is 16.2. The Kier molecular flexibility index (Phi) is 5.03. The summed E-state index contributed by atoms with van der Waals surface area (Å²) >= 11 is 0. The Morgan fingerprint density at radius 1 is 1.14 bits per heavy atom. The molecule has 2 fully saturated rings. The van der Waals surface area contributed by atoms with Gasteiger partial charge in [0.05, 0.1) is 0 Å². The molecule has 29 heavy (non-hydrogen) atoms. The number of nitrogens with one attached hydrogen (secondary N) is 1. The SMILES string of the molecule is CC[C@@H]1CCCCN1C(=O)CN1C(=O)N[C@@](C)(c2cccc3ccccc23)C1=O. The van der Waals surface area contributed by atoms with Crippen LogP contribution in [0.2, 0.25) is 0 Å². The van der Waals surface area contributed by atoms with Crippen LogP contribution in [-0.4, -0.2) is 46.8 Å². The zero-order chi connectivity index (χ0) is 20.6. The first-order chi connectivity index (χ1) is 14.0. The third-order valence-electron chi connectivity index (χ3n) is 6.32. The van der Waals surface area contributed by atoms with Gasteiger partial charge in [-0.05, 0) is 48.9 Å². The third-order valence-corrected chi connectivity index (χ3v) is 6.32. The van der Waals surface area contributed by atoms with Gasteiger partial charge < -0.3 is 10.2 Å². The van der Waals surface area contributed by atoms with Crippen molar-refractivity contribution in [3.8, 4) is 0 Å². The first kappa shape index (κ1) is 19.4. The fraction of sp³-hybridized carbons (Fsp3) is 0.435. The monoisotopic (exact) mass is 393 g/mol. The van der Waals surface area contributed by atoms with E-state index in [4.69, 9.17) is 0 Å². The van der Waals surface area contributed by atoms with E-state index in [2.05, 4.69) is 12.2 Å². The molecule has 2 aromatic carbocycles. The Bertz CT molecular complexity index is 967. The maximum absolute atomic E-state index is 13.3. The molecule has 2 atom stereocenters. The average molecular weight is 393 g/mol. The summed E-state index contributed by atoms with van der Waals surface area (Å²) in [5.41, 5.74) is -0.446. The normalized spacial score (nSPS) is 24.8. The first-order valence-electron chi connectivity index (χ1n) is 10.4. The van der Waals surface area contributed by atoms with Gasteiger partial charge in [0.2, 0.25) is 5.91 Å². The van der Waals surface area contributed by atoms with Crippen LogP contribution in [0.5, 0.6) is 0 Å². The molecule has 2 aliphatic rings. The van der Waals surface area contributed by atoms with Crippen LogP contribution >= 0.6 is 0 Å². The van der Waals surface area contributed by atoms with Crippen molar-refractivity contribution in [1.29, 1.82) is 0 Å². The summed E-state index contributed by atoms with van der Waals surface area (Å²) < 4.78 is 0. The van der Waals surface area contributed by atoms with Crippen molar-refractivity contribution in [2.75, 3.05) is 13.1 Å². The Balaban J connectivity index is 1.61. The number of carbonyl (C=O) groups excluding carboxylic acids is 3. The standard InChI is InChI=1S/C23H27N3O3/c1-3-17-11-6-7-14-25(17)20(27)15-26-21(28)23(2,24-22(26)29)19-13-8-10-16-9-4-5-12-18(16)19/h4-5,8-10,12-13,17H,3,6-7,11,14-15H2,1-2H3,(H,24,29)/t17-,23+/m1/s1. The molecule has 152 valence electrons. The van der Waals surface area contributed by atoms with Gasteiger partial charge >= 0.3 is 6.03 Å². The number of piperidine rings is 1. The van der Waals surface area contributed by atoms with Crippen LogP contribution in [0.15, 0.2) is 42.5 Å². The van der Waals surface area contributed by atoms with Crippen LogP contribution in [0.1, 0.15) is 45.1 Å². The lowest BCUT2D eigenvalue weighted by atomic mass is 9.88. The fourth-order valence-corrected chi connectivity index (χ4v) is 4.66. The van der Waals surface area contributed by atoms with Crippen LogP contribution in [0.3, 0.4) is 0 Å². The molecular formula is C23H27N3O3. The van der Waals surface area contributed by atoms with E-state index in [0.29, 0.717) is 6.54 Å². The zero-order valence-corrected chi connectivity index (χ0v) is 17.0. The quantitative estimate of drug-likeness (QED) is 0.810. The van der Waals surface area contributed by atoms with Gasteiger partial charge in [0.1, 0.15) is 12.1 Å². The fourth-order valence-electron chi connectivity index (χ4n) is 4.66. The molecule has 2 aliphatic heterocycles. The Hall–Kier alpha value is -2.89. The van der Waals surface area contributed by atoms with Crippen LogP contribution in [-0.2, 0) is 15.1 Å². The van der Waals surface area contributed by atoms with Gasteiger partial charge in [0.15, 0.2) is 0 Å². The molecule has 1 N–H and O–H groups in total. The van der Waals surface area contributed by atoms with E-state index < -0.39 is 11.6 Å². The molecule has 6 nitrogen and oxygen atoms in total. The van der Waals surface area contributed by atoms with Crippen molar-refractivity contribution in [2.45, 2.75) is 51.1 Å². The summed E-state index contributed by atoms with van der Waals surface area (Å²) in [6.45, 7) is 4.28. The van der Waals surface area contributed by atoms with E-state index in [0.717, 1.165) is 46.9 Å². The highest BCUT2D eigenvalue weighted by molar-refractivity contribution is 6.10. The molecule has 0 saturated carbocycles. The van der Waals surface area contributed by atoms with E-state index in [1.807, 2.05) is 47.4 Å². The van der Waals surface area contributed by atoms with Gasteiger partial charge in [0.25, 0.3) is 5.91 Å². The molecule has 4 amide bonds. The molecule has 0 unspecified atom stereocenters. The molecule has 2 saturated heterocycles. The summed E-state index contributed by atoms with van der Waals surface area (Å²) in [5, 5.41) is 4.76. The Morgan fingerprint density at radius 3 is 2.69 bits per heavy atom. The van der Waals surface area contributed by atoms with Gasteiger partial charge in [-0.25, -0.2) is 4.79 Å². The number of imide groups is 1. The molecule has 2 heterocycles. The maximum Gasteiger partial charge on any atom is 0.325 e. The number of likely N-dealkylation sites (tertiary alicyclic amines) is 1. The minimum absolute atomic E-state index is 0.151. The number of nitrogens with zero attached hydrogens (tertiary/aromatic N) is 2. The van der Waals surface area contributed by atoms with Gasteiger partial charge in [-0.2, -0.15) is 0 Å². The first-order valence-corrected chi connectivity index (χ1v) is 10.4. The van der Waals surface area contributed by atoms with Crippen molar-refractivity contribution in [2.24, 2.45) is 0 Å². The zero-order valence-electron chi connectivity index (χ0n) is 17.0. The summed E-state index contributed by atoms with van der Waals surface area (Å²) in [6, 6.07) is 13.2. The van der Waals surface area contributed by atoms with Crippen LogP contribution in [0.25, 0.3) is 10.8 Å². The van der Waals surface area contributed by atoms with Crippen molar-refractivity contribution in [3.05, 3.63) is 48.0 Å². The second kappa shape index (κ2) is 7.50. The van der Waals surface area contributed by atoms with Crippen molar-refractivity contribution in [1.82, 2.24) is 15.1 Å². The lowest BCUT2D eigenvalue weighted by Crippen LogP contribution is -2.49. The van der Waals surface area contributed by atoms with Gasteiger partial charge in [-0.3, -0.25) is 14.5 Å². The topological polar surface area (TPSA) is 69.7 Å². The van der Waals surface area contributed by atoms with Crippen LogP contribution in [0.4, 0.5) is 4.79 Å². The van der Waals surface area contributed by atoms with E-state index in [9.17, 15) is 14.4 Å². The van der Waals surface area contributed by atoms with Gasteiger partial charge in [-0.15, -0.1) is 0 Å². The molecule has 6 heteroatoms. The Labute approximate surface area is 170 Å². The Morgan fingerprint density at radius 2 is 1.90 bits per heavy atom. The highest BCUT2D eigenvalue weighted by Gasteiger charge is 2.50. The predicted octanol–water partition coefficient (Wildman–Crippen LogP) is 3.40. The largest absolute Gasteiger partial charge is 0.338 e. The number of hydrogen-bond acceptors (Lipinski definition) is 3. The predicted molar refractivity (Wildman–Crippen MR) is 111 cm³/mol. The van der Waals surface area contributed by atoms with Crippen molar-refractivity contribution < 1.29 is 14.4 Å². The van der Waals surface area contributed by atoms with E-state index >= 15 is 0 Å². The molecule has 0 radical (unpaired) electrons. The number of rotatable bonds is 4. The summed E-state index contributed by atoms with van der Waals surface area (Å²) in [6.07, 6.45) is 3.95. The van der Waals surface area contributed by atoms with Crippen LogP contribution < -0.4 is 5.32 Å². The van der Waals surface area contributed by atoms with E-state index in [-0.39, 0.29) is 24.4 Å². The second-order valence-electron chi connectivity index (χ2n) is 8.12. The maximum atomic E-state index is 13.3. The molecular weight excluding hydrogens is 366 g/mol. The smallest absolute Gasteiger partial charge is 0.325 e. The average Bonchev–Trinajstić information content (AvgIpc) is 2.97. The van der Waals surface area contributed by atoms with Gasteiger partial charge in [0, 0.05) is 12.6 Å². The number of urea groups is 1.